The lowest BCUT2D eigenvalue weighted by molar-refractivity contribution is 0.0919. The first-order valence-corrected chi connectivity index (χ1v) is 8.35. The molecule has 5 heteroatoms. The van der Waals surface area contributed by atoms with Crippen LogP contribution in [0, 0.1) is 0 Å². The maximum Gasteiger partial charge on any atom is 0.257 e. The van der Waals surface area contributed by atoms with Gasteiger partial charge in [-0.3, -0.25) is 14.6 Å². The van der Waals surface area contributed by atoms with Crippen LogP contribution in [0.5, 0.6) is 0 Å². The van der Waals surface area contributed by atoms with Crippen molar-refractivity contribution in [2.24, 2.45) is 0 Å². The number of pyridine rings is 1. The molecule has 2 aromatic rings. The number of para-hydroxylation sites is 1. The van der Waals surface area contributed by atoms with Crippen molar-refractivity contribution in [2.45, 2.75) is 46.1 Å². The minimum absolute atomic E-state index is 0.253. The molecule has 0 saturated heterocycles. The average molecular weight is 339 g/mol. The fourth-order valence-electron chi connectivity index (χ4n) is 2.41. The molecule has 2 rings (SSSR count). The van der Waals surface area contributed by atoms with E-state index in [1.165, 1.54) is 12.4 Å². The van der Waals surface area contributed by atoms with Crippen LogP contribution in [-0.2, 0) is 0 Å². The zero-order valence-corrected chi connectivity index (χ0v) is 15.4. The lowest BCUT2D eigenvalue weighted by Gasteiger charge is -2.20. The number of rotatable bonds is 4. The number of benzene rings is 1. The predicted octanol–water partition coefficient (Wildman–Crippen LogP) is 3.99. The molecule has 0 atom stereocenters. The Bertz CT molecular complexity index is 777. The first kappa shape index (κ1) is 18.6. The van der Waals surface area contributed by atoms with Crippen LogP contribution < -0.4 is 10.6 Å². The molecular formula is C20H25N3O2. The summed E-state index contributed by atoms with van der Waals surface area (Å²) in [5.41, 5.74) is 2.18. The molecule has 1 heterocycles. The Morgan fingerprint density at radius 3 is 2.20 bits per heavy atom. The van der Waals surface area contributed by atoms with Gasteiger partial charge in [0.1, 0.15) is 0 Å². The molecule has 0 aliphatic heterocycles. The molecular weight excluding hydrogens is 314 g/mol. The number of aromatic nitrogens is 1. The van der Waals surface area contributed by atoms with E-state index in [2.05, 4.69) is 29.5 Å². The highest BCUT2D eigenvalue weighted by molar-refractivity contribution is 6.06. The van der Waals surface area contributed by atoms with Crippen molar-refractivity contribution in [1.29, 1.82) is 0 Å². The standard InChI is InChI=1S/C20H25N3O2/c1-13(2)16-8-6-7-9-17(16)22-18(24)14-10-15(12-21-11-14)19(25)23-20(3,4)5/h6-13H,1-5H3,(H,22,24)(H,23,25). The van der Waals surface area contributed by atoms with Crippen LogP contribution in [-0.4, -0.2) is 22.3 Å². The predicted molar refractivity (Wildman–Crippen MR) is 99.9 cm³/mol. The van der Waals surface area contributed by atoms with Crippen LogP contribution in [0.3, 0.4) is 0 Å². The molecule has 0 bridgehead atoms. The van der Waals surface area contributed by atoms with Gasteiger partial charge in [-0.1, -0.05) is 32.0 Å². The molecule has 132 valence electrons. The minimum Gasteiger partial charge on any atom is -0.347 e. The zero-order chi connectivity index (χ0) is 18.6. The van der Waals surface area contributed by atoms with Crippen molar-refractivity contribution in [2.75, 3.05) is 5.32 Å². The maximum atomic E-state index is 12.6. The topological polar surface area (TPSA) is 71.1 Å². The number of nitrogens with zero attached hydrogens (tertiary/aromatic N) is 1. The van der Waals surface area contributed by atoms with Gasteiger partial charge in [0.05, 0.1) is 11.1 Å². The molecule has 5 nitrogen and oxygen atoms in total. The van der Waals surface area contributed by atoms with E-state index in [4.69, 9.17) is 0 Å². The van der Waals surface area contributed by atoms with Crippen molar-refractivity contribution in [1.82, 2.24) is 10.3 Å². The minimum atomic E-state index is -0.356. The summed E-state index contributed by atoms with van der Waals surface area (Å²) in [4.78, 5) is 28.9. The summed E-state index contributed by atoms with van der Waals surface area (Å²) >= 11 is 0. The molecule has 2 amide bonds. The Kier molecular flexibility index (Phi) is 5.57. The number of carbonyl (C=O) groups excluding carboxylic acids is 2. The van der Waals surface area contributed by atoms with Crippen LogP contribution >= 0.6 is 0 Å². The number of hydrogen-bond acceptors (Lipinski definition) is 3. The first-order chi connectivity index (χ1) is 11.7. The van der Waals surface area contributed by atoms with Crippen molar-refractivity contribution >= 4 is 17.5 Å². The van der Waals surface area contributed by atoms with E-state index in [1.807, 2.05) is 45.0 Å². The second-order valence-electron chi connectivity index (χ2n) is 7.36. The van der Waals surface area contributed by atoms with Gasteiger partial charge in [-0.15, -0.1) is 0 Å². The molecule has 0 fully saturated rings. The Morgan fingerprint density at radius 2 is 1.60 bits per heavy atom. The molecule has 0 aliphatic rings. The Morgan fingerprint density at radius 1 is 1.00 bits per heavy atom. The largest absolute Gasteiger partial charge is 0.347 e. The fraction of sp³-hybridized carbons (Fsp3) is 0.350. The van der Waals surface area contributed by atoms with Gasteiger partial charge >= 0.3 is 0 Å². The van der Waals surface area contributed by atoms with Gasteiger partial charge in [0, 0.05) is 23.6 Å². The zero-order valence-electron chi connectivity index (χ0n) is 15.4. The summed E-state index contributed by atoms with van der Waals surface area (Å²) in [5, 5.41) is 5.78. The van der Waals surface area contributed by atoms with Gasteiger partial charge < -0.3 is 10.6 Å². The van der Waals surface area contributed by atoms with E-state index in [0.29, 0.717) is 17.0 Å². The second kappa shape index (κ2) is 7.47. The Labute approximate surface area is 148 Å². The average Bonchev–Trinajstić information content (AvgIpc) is 2.53. The van der Waals surface area contributed by atoms with E-state index < -0.39 is 0 Å². The van der Waals surface area contributed by atoms with E-state index in [9.17, 15) is 9.59 Å². The van der Waals surface area contributed by atoms with Gasteiger partial charge in [0.2, 0.25) is 0 Å². The number of anilines is 1. The van der Waals surface area contributed by atoms with E-state index in [0.717, 1.165) is 11.3 Å². The fourth-order valence-corrected chi connectivity index (χ4v) is 2.41. The SMILES string of the molecule is CC(C)c1ccccc1NC(=O)c1cncc(C(=O)NC(C)(C)C)c1. The lowest BCUT2D eigenvalue weighted by atomic mass is 10.0. The van der Waals surface area contributed by atoms with Gasteiger partial charge in [-0.2, -0.15) is 0 Å². The Balaban J connectivity index is 2.21. The molecule has 0 saturated carbocycles. The van der Waals surface area contributed by atoms with Crippen LogP contribution in [0.25, 0.3) is 0 Å². The summed E-state index contributed by atoms with van der Waals surface area (Å²) in [6, 6.07) is 9.25. The molecule has 1 aromatic carbocycles. The summed E-state index contributed by atoms with van der Waals surface area (Å²) in [6.07, 6.45) is 2.92. The molecule has 0 aliphatic carbocycles. The maximum absolute atomic E-state index is 12.6. The van der Waals surface area contributed by atoms with Crippen molar-refractivity contribution in [3.8, 4) is 0 Å². The Hall–Kier alpha value is -2.69. The van der Waals surface area contributed by atoms with Crippen molar-refractivity contribution < 1.29 is 9.59 Å². The molecule has 2 N–H and O–H groups in total. The van der Waals surface area contributed by atoms with Gasteiger partial charge in [0.15, 0.2) is 0 Å². The molecule has 1 aromatic heterocycles. The molecule has 0 unspecified atom stereocenters. The molecule has 0 spiro atoms. The lowest BCUT2D eigenvalue weighted by Crippen LogP contribution is -2.40. The number of hydrogen-bond donors (Lipinski definition) is 2. The third-order valence-electron chi connectivity index (χ3n) is 3.58. The number of carbonyl (C=O) groups is 2. The van der Waals surface area contributed by atoms with Crippen LogP contribution in [0.1, 0.15) is 66.8 Å². The van der Waals surface area contributed by atoms with Gasteiger partial charge in [-0.25, -0.2) is 0 Å². The summed E-state index contributed by atoms with van der Waals surface area (Å²) in [7, 11) is 0. The van der Waals surface area contributed by atoms with Gasteiger partial charge in [-0.05, 0) is 44.4 Å². The van der Waals surface area contributed by atoms with Crippen molar-refractivity contribution in [3.05, 3.63) is 59.4 Å². The van der Waals surface area contributed by atoms with Crippen molar-refractivity contribution in [3.63, 3.8) is 0 Å². The highest BCUT2D eigenvalue weighted by Gasteiger charge is 2.17. The summed E-state index contributed by atoms with van der Waals surface area (Å²) in [6.45, 7) is 9.85. The third-order valence-corrected chi connectivity index (χ3v) is 3.58. The van der Waals surface area contributed by atoms with Crippen LogP contribution in [0.2, 0.25) is 0 Å². The quantitative estimate of drug-likeness (QED) is 0.885. The van der Waals surface area contributed by atoms with E-state index in [1.54, 1.807) is 6.07 Å². The van der Waals surface area contributed by atoms with Crippen LogP contribution in [0.15, 0.2) is 42.7 Å². The first-order valence-electron chi connectivity index (χ1n) is 8.35. The number of nitrogens with one attached hydrogen (secondary N) is 2. The highest BCUT2D eigenvalue weighted by Crippen LogP contribution is 2.24. The summed E-state index contributed by atoms with van der Waals surface area (Å²) < 4.78 is 0. The third kappa shape index (κ3) is 5.14. The normalized spacial score (nSPS) is 11.3. The van der Waals surface area contributed by atoms with Crippen LogP contribution in [0.4, 0.5) is 5.69 Å². The molecule has 25 heavy (non-hydrogen) atoms. The van der Waals surface area contributed by atoms with E-state index in [-0.39, 0.29) is 17.4 Å². The molecule has 0 radical (unpaired) electrons. The highest BCUT2D eigenvalue weighted by atomic mass is 16.2. The number of amides is 2. The van der Waals surface area contributed by atoms with Gasteiger partial charge in [0.25, 0.3) is 11.8 Å². The summed E-state index contributed by atoms with van der Waals surface area (Å²) in [5.74, 6) is -0.248. The van der Waals surface area contributed by atoms with E-state index >= 15 is 0 Å². The second-order valence-corrected chi connectivity index (χ2v) is 7.36. The monoisotopic (exact) mass is 339 g/mol. The smallest absolute Gasteiger partial charge is 0.257 e.